The molecule has 2 saturated heterocycles. The van der Waals surface area contributed by atoms with Crippen LogP contribution in [0.2, 0.25) is 0 Å². The third-order valence-corrected chi connectivity index (χ3v) is 6.85. The standard InChI is InChI=1S/C24H33N3O3S/c1-18(2)16-26-8-13-30-20(17-26)15-25-23(28)22-14-21(19-6-4-3-5-7-19)24(31-22)27-9-11-29-12-10-27/h3-7,14,18,20H,8-13,15-17H2,1-2H3,(H,25,28). The fourth-order valence-corrected chi connectivity index (χ4v) is 5.35. The second-order valence-corrected chi connectivity index (χ2v) is 9.68. The van der Waals surface area contributed by atoms with Gasteiger partial charge < -0.3 is 19.7 Å². The van der Waals surface area contributed by atoms with Crippen LogP contribution in [0.4, 0.5) is 5.00 Å². The van der Waals surface area contributed by atoms with E-state index in [-0.39, 0.29) is 12.0 Å². The Morgan fingerprint density at radius 3 is 2.68 bits per heavy atom. The van der Waals surface area contributed by atoms with Crippen molar-refractivity contribution in [3.8, 4) is 11.1 Å². The highest BCUT2D eigenvalue weighted by molar-refractivity contribution is 7.18. The molecule has 0 spiro atoms. The first-order valence-corrected chi connectivity index (χ1v) is 12.1. The number of carbonyl (C=O) groups is 1. The third-order valence-electron chi connectivity index (χ3n) is 5.66. The van der Waals surface area contributed by atoms with Gasteiger partial charge in [-0.15, -0.1) is 11.3 Å². The smallest absolute Gasteiger partial charge is 0.261 e. The van der Waals surface area contributed by atoms with Crippen molar-refractivity contribution in [2.75, 3.05) is 64.0 Å². The zero-order valence-electron chi connectivity index (χ0n) is 18.5. The Labute approximate surface area is 189 Å². The average Bonchev–Trinajstić information content (AvgIpc) is 3.24. The van der Waals surface area contributed by atoms with E-state index in [0.717, 1.165) is 73.5 Å². The molecule has 7 heteroatoms. The maximum atomic E-state index is 13.0. The van der Waals surface area contributed by atoms with Crippen LogP contribution >= 0.6 is 11.3 Å². The monoisotopic (exact) mass is 443 g/mol. The van der Waals surface area contributed by atoms with Gasteiger partial charge in [0.1, 0.15) is 0 Å². The van der Waals surface area contributed by atoms with Gasteiger partial charge in [0.2, 0.25) is 0 Å². The number of carbonyl (C=O) groups excluding carboxylic acids is 1. The molecule has 0 radical (unpaired) electrons. The van der Waals surface area contributed by atoms with Gasteiger partial charge in [0.05, 0.1) is 35.8 Å². The minimum atomic E-state index is -0.0220. The van der Waals surface area contributed by atoms with Gasteiger partial charge >= 0.3 is 0 Å². The van der Waals surface area contributed by atoms with Crippen LogP contribution in [0.3, 0.4) is 0 Å². The van der Waals surface area contributed by atoms with E-state index >= 15 is 0 Å². The molecule has 1 atom stereocenters. The van der Waals surface area contributed by atoms with E-state index < -0.39 is 0 Å². The Morgan fingerprint density at radius 1 is 1.16 bits per heavy atom. The van der Waals surface area contributed by atoms with E-state index in [9.17, 15) is 4.79 Å². The molecule has 3 heterocycles. The summed E-state index contributed by atoms with van der Waals surface area (Å²) >= 11 is 1.57. The molecule has 1 amide bonds. The molecule has 168 valence electrons. The van der Waals surface area contributed by atoms with E-state index in [1.807, 2.05) is 24.3 Å². The fraction of sp³-hybridized carbons (Fsp3) is 0.542. The summed E-state index contributed by atoms with van der Waals surface area (Å²) in [6, 6.07) is 12.3. The summed E-state index contributed by atoms with van der Waals surface area (Å²) in [6.45, 7) is 11.8. The SMILES string of the molecule is CC(C)CN1CCOC(CNC(=O)c2cc(-c3ccccc3)c(N3CCOCC3)s2)C1. The first-order chi connectivity index (χ1) is 15.1. The van der Waals surface area contributed by atoms with Crippen LogP contribution in [0.1, 0.15) is 23.5 Å². The molecule has 0 saturated carbocycles. The highest BCUT2D eigenvalue weighted by Crippen LogP contribution is 2.39. The lowest BCUT2D eigenvalue weighted by atomic mass is 10.1. The zero-order chi connectivity index (χ0) is 21.6. The number of nitrogens with one attached hydrogen (secondary N) is 1. The van der Waals surface area contributed by atoms with Crippen LogP contribution in [-0.2, 0) is 9.47 Å². The largest absolute Gasteiger partial charge is 0.378 e. The highest BCUT2D eigenvalue weighted by atomic mass is 32.1. The molecule has 2 aromatic rings. The van der Waals surface area contributed by atoms with Crippen LogP contribution in [0, 0.1) is 5.92 Å². The number of anilines is 1. The number of benzene rings is 1. The second kappa shape index (κ2) is 10.6. The number of hydrogen-bond acceptors (Lipinski definition) is 6. The van der Waals surface area contributed by atoms with Gasteiger partial charge in [0.15, 0.2) is 0 Å². The molecule has 1 aromatic heterocycles. The molecule has 2 fully saturated rings. The Kier molecular flexibility index (Phi) is 7.61. The Balaban J connectivity index is 1.45. The van der Waals surface area contributed by atoms with Gasteiger partial charge in [-0.3, -0.25) is 9.69 Å². The molecule has 1 unspecified atom stereocenters. The summed E-state index contributed by atoms with van der Waals surface area (Å²) in [4.78, 5) is 18.5. The predicted molar refractivity (Wildman–Crippen MR) is 126 cm³/mol. The van der Waals surface area contributed by atoms with Crippen molar-refractivity contribution in [1.82, 2.24) is 10.2 Å². The second-order valence-electron chi connectivity index (χ2n) is 8.65. The lowest BCUT2D eigenvalue weighted by Gasteiger charge is -2.33. The molecule has 1 aromatic carbocycles. The summed E-state index contributed by atoms with van der Waals surface area (Å²) in [6.07, 6.45) is 0.0451. The van der Waals surface area contributed by atoms with Crippen molar-refractivity contribution in [1.29, 1.82) is 0 Å². The molecule has 0 aliphatic carbocycles. The van der Waals surface area contributed by atoms with Crippen molar-refractivity contribution in [2.45, 2.75) is 20.0 Å². The van der Waals surface area contributed by atoms with Gasteiger partial charge in [-0.2, -0.15) is 0 Å². The average molecular weight is 444 g/mol. The number of ether oxygens (including phenoxy) is 2. The Bertz CT molecular complexity index is 849. The molecule has 2 aliphatic heterocycles. The molecule has 31 heavy (non-hydrogen) atoms. The topological polar surface area (TPSA) is 54.0 Å². The van der Waals surface area contributed by atoms with Crippen molar-refractivity contribution >= 4 is 22.2 Å². The highest BCUT2D eigenvalue weighted by Gasteiger charge is 2.24. The molecule has 6 nitrogen and oxygen atoms in total. The van der Waals surface area contributed by atoms with Crippen LogP contribution in [0.5, 0.6) is 0 Å². The van der Waals surface area contributed by atoms with Crippen LogP contribution < -0.4 is 10.2 Å². The minimum Gasteiger partial charge on any atom is -0.378 e. The number of thiophene rings is 1. The van der Waals surface area contributed by atoms with Crippen LogP contribution in [-0.4, -0.2) is 76.0 Å². The molecule has 2 aliphatic rings. The first kappa shape index (κ1) is 22.3. The molecule has 1 N–H and O–H groups in total. The molecular formula is C24H33N3O3S. The summed E-state index contributed by atoms with van der Waals surface area (Å²) in [5.41, 5.74) is 2.26. The van der Waals surface area contributed by atoms with Crippen LogP contribution in [0.15, 0.2) is 36.4 Å². The molecule has 0 bridgehead atoms. The first-order valence-electron chi connectivity index (χ1n) is 11.2. The van der Waals surface area contributed by atoms with Crippen molar-refractivity contribution in [3.63, 3.8) is 0 Å². The van der Waals surface area contributed by atoms with E-state index in [1.54, 1.807) is 11.3 Å². The van der Waals surface area contributed by atoms with Gasteiger partial charge in [0, 0.05) is 44.8 Å². The maximum Gasteiger partial charge on any atom is 0.261 e. The summed E-state index contributed by atoms with van der Waals surface area (Å²) < 4.78 is 11.4. The van der Waals surface area contributed by atoms with E-state index in [2.05, 4.69) is 41.1 Å². The molecular weight excluding hydrogens is 410 g/mol. The summed E-state index contributed by atoms with van der Waals surface area (Å²) in [7, 11) is 0. The number of morpholine rings is 2. The van der Waals surface area contributed by atoms with Gasteiger partial charge in [-0.1, -0.05) is 44.2 Å². The van der Waals surface area contributed by atoms with E-state index in [0.29, 0.717) is 12.5 Å². The summed E-state index contributed by atoms with van der Waals surface area (Å²) in [5, 5.41) is 4.26. The van der Waals surface area contributed by atoms with Gasteiger partial charge in [0.25, 0.3) is 5.91 Å². The third kappa shape index (κ3) is 5.86. The number of nitrogens with zero attached hydrogens (tertiary/aromatic N) is 2. The van der Waals surface area contributed by atoms with Crippen molar-refractivity contribution in [3.05, 3.63) is 41.3 Å². The summed E-state index contributed by atoms with van der Waals surface area (Å²) in [5.74, 6) is 0.612. The van der Waals surface area contributed by atoms with Crippen LogP contribution in [0.25, 0.3) is 11.1 Å². The van der Waals surface area contributed by atoms with E-state index in [1.165, 1.54) is 0 Å². The lowest BCUT2D eigenvalue weighted by molar-refractivity contribution is -0.0295. The van der Waals surface area contributed by atoms with Crippen molar-refractivity contribution in [2.24, 2.45) is 5.92 Å². The Morgan fingerprint density at radius 2 is 1.94 bits per heavy atom. The van der Waals surface area contributed by atoms with Gasteiger partial charge in [-0.25, -0.2) is 0 Å². The van der Waals surface area contributed by atoms with Gasteiger partial charge in [-0.05, 0) is 17.5 Å². The van der Waals surface area contributed by atoms with Crippen molar-refractivity contribution < 1.29 is 14.3 Å². The predicted octanol–water partition coefficient (Wildman–Crippen LogP) is 3.34. The minimum absolute atomic E-state index is 0.0220. The number of hydrogen-bond donors (Lipinski definition) is 1. The zero-order valence-corrected chi connectivity index (χ0v) is 19.3. The normalized spacial score (nSPS) is 20.2. The number of amides is 1. The lowest BCUT2D eigenvalue weighted by Crippen LogP contribution is -2.48. The number of rotatable bonds is 7. The van der Waals surface area contributed by atoms with E-state index in [4.69, 9.17) is 9.47 Å². The maximum absolute atomic E-state index is 13.0. The Hall–Kier alpha value is -1.93. The fourth-order valence-electron chi connectivity index (χ4n) is 4.20. The quantitative estimate of drug-likeness (QED) is 0.711. The molecule has 4 rings (SSSR count).